The molecule has 1 saturated carbocycles. The van der Waals surface area contributed by atoms with Crippen molar-refractivity contribution in [3.63, 3.8) is 0 Å². The Bertz CT molecular complexity index is 241. The first-order valence-electron chi connectivity index (χ1n) is 8.28. The van der Waals surface area contributed by atoms with Crippen molar-refractivity contribution in [2.24, 2.45) is 5.92 Å². The number of ether oxygens (including phenoxy) is 1. The van der Waals surface area contributed by atoms with Crippen molar-refractivity contribution in [1.29, 1.82) is 0 Å². The Morgan fingerprint density at radius 3 is 2.68 bits per heavy atom. The zero-order chi connectivity index (χ0) is 13.5. The summed E-state index contributed by atoms with van der Waals surface area (Å²) in [5, 5.41) is 3.38. The average Bonchev–Trinajstić information content (AvgIpc) is 2.44. The third-order valence-electron chi connectivity index (χ3n) is 4.83. The van der Waals surface area contributed by atoms with E-state index in [1.807, 2.05) is 0 Å². The van der Waals surface area contributed by atoms with Crippen molar-refractivity contribution in [1.82, 2.24) is 10.2 Å². The molecule has 0 aromatic rings. The van der Waals surface area contributed by atoms with Crippen LogP contribution in [0.15, 0.2) is 0 Å². The molecule has 0 spiro atoms. The summed E-state index contributed by atoms with van der Waals surface area (Å²) in [7, 11) is 2.30. The molecule has 0 aromatic heterocycles. The molecule has 2 unspecified atom stereocenters. The molecule has 0 amide bonds. The molecule has 2 fully saturated rings. The monoisotopic (exact) mass is 268 g/mol. The number of hydrogen-bond donors (Lipinski definition) is 1. The molecule has 1 aliphatic heterocycles. The fourth-order valence-corrected chi connectivity index (χ4v) is 3.51. The molecule has 1 aliphatic carbocycles. The maximum Gasteiger partial charge on any atom is 0.0599 e. The van der Waals surface area contributed by atoms with Crippen molar-refractivity contribution in [3.05, 3.63) is 0 Å². The molecule has 0 bridgehead atoms. The van der Waals surface area contributed by atoms with Gasteiger partial charge in [0.25, 0.3) is 0 Å². The Balaban J connectivity index is 1.54. The van der Waals surface area contributed by atoms with Crippen LogP contribution in [0.4, 0.5) is 0 Å². The summed E-state index contributed by atoms with van der Waals surface area (Å²) >= 11 is 0. The van der Waals surface area contributed by atoms with Crippen LogP contribution in [0.5, 0.6) is 0 Å². The number of rotatable bonds is 6. The van der Waals surface area contributed by atoms with Gasteiger partial charge in [0.15, 0.2) is 0 Å². The Morgan fingerprint density at radius 2 is 1.95 bits per heavy atom. The number of piperidine rings is 1. The molecule has 1 N–H and O–H groups in total. The highest BCUT2D eigenvalue weighted by atomic mass is 16.5. The molecule has 1 heterocycles. The largest absolute Gasteiger partial charge is 0.378 e. The van der Waals surface area contributed by atoms with Gasteiger partial charge < -0.3 is 15.0 Å². The zero-order valence-electron chi connectivity index (χ0n) is 12.9. The first-order chi connectivity index (χ1) is 9.25. The summed E-state index contributed by atoms with van der Waals surface area (Å²) in [6.45, 7) is 6.80. The SMILES string of the molecule is CC1CCCC(N(C)CCCOC2CCNCC2)C1. The molecule has 2 atom stereocenters. The van der Waals surface area contributed by atoms with E-state index in [1.165, 1.54) is 51.5 Å². The van der Waals surface area contributed by atoms with E-state index < -0.39 is 0 Å². The number of nitrogens with zero attached hydrogens (tertiary/aromatic N) is 1. The van der Waals surface area contributed by atoms with Gasteiger partial charge in [0.2, 0.25) is 0 Å². The Kier molecular flexibility index (Phi) is 6.62. The van der Waals surface area contributed by atoms with Gasteiger partial charge in [-0.1, -0.05) is 19.8 Å². The fourth-order valence-electron chi connectivity index (χ4n) is 3.51. The standard InChI is InChI=1S/C16H32N2O/c1-14-5-3-6-15(13-14)18(2)11-4-12-19-16-7-9-17-10-8-16/h14-17H,3-13H2,1-2H3. The normalized spacial score (nSPS) is 29.8. The fraction of sp³-hybridized carbons (Fsp3) is 1.00. The van der Waals surface area contributed by atoms with Crippen molar-refractivity contribution in [3.8, 4) is 0 Å². The van der Waals surface area contributed by atoms with Gasteiger partial charge in [-0.25, -0.2) is 0 Å². The second-order valence-corrected chi connectivity index (χ2v) is 6.58. The van der Waals surface area contributed by atoms with Gasteiger partial charge >= 0.3 is 0 Å². The zero-order valence-corrected chi connectivity index (χ0v) is 12.9. The van der Waals surface area contributed by atoms with E-state index in [0.29, 0.717) is 6.10 Å². The third-order valence-corrected chi connectivity index (χ3v) is 4.83. The van der Waals surface area contributed by atoms with E-state index >= 15 is 0 Å². The van der Waals surface area contributed by atoms with E-state index in [4.69, 9.17) is 4.74 Å². The van der Waals surface area contributed by atoms with Crippen LogP contribution in [0.3, 0.4) is 0 Å². The van der Waals surface area contributed by atoms with Crippen LogP contribution in [-0.2, 0) is 4.74 Å². The van der Waals surface area contributed by atoms with E-state index in [0.717, 1.165) is 31.7 Å². The highest BCUT2D eigenvalue weighted by Crippen LogP contribution is 2.26. The second-order valence-electron chi connectivity index (χ2n) is 6.58. The lowest BCUT2D eigenvalue weighted by Gasteiger charge is -2.34. The predicted octanol–water partition coefficient (Wildman–Crippen LogP) is 2.66. The van der Waals surface area contributed by atoms with Crippen LogP contribution in [0, 0.1) is 5.92 Å². The topological polar surface area (TPSA) is 24.5 Å². The van der Waals surface area contributed by atoms with E-state index in [2.05, 4.69) is 24.2 Å². The summed E-state index contributed by atoms with van der Waals surface area (Å²) in [6, 6.07) is 0.822. The molecule has 3 heteroatoms. The van der Waals surface area contributed by atoms with E-state index in [-0.39, 0.29) is 0 Å². The summed E-state index contributed by atoms with van der Waals surface area (Å²) in [6.07, 6.45) is 9.73. The average molecular weight is 268 g/mol. The van der Waals surface area contributed by atoms with Crippen molar-refractivity contribution in [2.75, 3.05) is 33.3 Å². The van der Waals surface area contributed by atoms with Crippen LogP contribution in [0.2, 0.25) is 0 Å². The van der Waals surface area contributed by atoms with E-state index in [9.17, 15) is 0 Å². The minimum Gasteiger partial charge on any atom is -0.378 e. The second kappa shape index (κ2) is 8.23. The van der Waals surface area contributed by atoms with Crippen molar-refractivity contribution >= 4 is 0 Å². The summed E-state index contributed by atoms with van der Waals surface area (Å²) in [4.78, 5) is 2.57. The summed E-state index contributed by atoms with van der Waals surface area (Å²) < 4.78 is 5.98. The van der Waals surface area contributed by atoms with Crippen molar-refractivity contribution < 1.29 is 4.74 Å². The smallest absolute Gasteiger partial charge is 0.0599 e. The van der Waals surface area contributed by atoms with Gasteiger partial charge in [-0.2, -0.15) is 0 Å². The van der Waals surface area contributed by atoms with Gasteiger partial charge in [-0.05, 0) is 58.2 Å². The first-order valence-corrected chi connectivity index (χ1v) is 8.28. The Labute approximate surface area is 119 Å². The van der Waals surface area contributed by atoms with E-state index in [1.54, 1.807) is 0 Å². The predicted molar refractivity (Wildman–Crippen MR) is 80.5 cm³/mol. The Morgan fingerprint density at radius 1 is 1.16 bits per heavy atom. The molecule has 3 nitrogen and oxygen atoms in total. The minimum atomic E-state index is 0.515. The van der Waals surface area contributed by atoms with Crippen LogP contribution < -0.4 is 5.32 Å². The quantitative estimate of drug-likeness (QED) is 0.750. The molecule has 19 heavy (non-hydrogen) atoms. The maximum atomic E-state index is 5.98. The molecule has 1 saturated heterocycles. The Hall–Kier alpha value is -0.120. The van der Waals surface area contributed by atoms with Crippen LogP contribution in [0.25, 0.3) is 0 Å². The van der Waals surface area contributed by atoms with Gasteiger partial charge in [-0.15, -0.1) is 0 Å². The van der Waals surface area contributed by atoms with Gasteiger partial charge in [0.1, 0.15) is 0 Å². The van der Waals surface area contributed by atoms with Crippen LogP contribution in [-0.4, -0.2) is 50.3 Å². The summed E-state index contributed by atoms with van der Waals surface area (Å²) in [5.41, 5.74) is 0. The molecule has 0 radical (unpaired) electrons. The van der Waals surface area contributed by atoms with Gasteiger partial charge in [-0.3, -0.25) is 0 Å². The minimum absolute atomic E-state index is 0.515. The van der Waals surface area contributed by atoms with Crippen LogP contribution >= 0.6 is 0 Å². The molecule has 112 valence electrons. The lowest BCUT2D eigenvalue weighted by atomic mass is 9.86. The molecule has 2 aliphatic rings. The highest BCUT2D eigenvalue weighted by Gasteiger charge is 2.22. The van der Waals surface area contributed by atoms with Gasteiger partial charge in [0, 0.05) is 19.2 Å². The number of nitrogens with one attached hydrogen (secondary N) is 1. The molecular weight excluding hydrogens is 236 g/mol. The number of hydrogen-bond acceptors (Lipinski definition) is 3. The van der Waals surface area contributed by atoms with Crippen molar-refractivity contribution in [2.45, 2.75) is 64.0 Å². The molecular formula is C16H32N2O. The third kappa shape index (κ3) is 5.41. The lowest BCUT2D eigenvalue weighted by Crippen LogP contribution is -2.37. The van der Waals surface area contributed by atoms with Gasteiger partial charge in [0.05, 0.1) is 6.10 Å². The van der Waals surface area contributed by atoms with Crippen LogP contribution in [0.1, 0.15) is 51.9 Å². The lowest BCUT2D eigenvalue weighted by molar-refractivity contribution is 0.0259. The summed E-state index contributed by atoms with van der Waals surface area (Å²) in [5.74, 6) is 0.923. The molecule has 0 aromatic carbocycles. The maximum absolute atomic E-state index is 5.98. The highest BCUT2D eigenvalue weighted by molar-refractivity contribution is 4.77. The first kappa shape index (κ1) is 15.3. The molecule has 2 rings (SSSR count).